The van der Waals surface area contributed by atoms with Crippen molar-refractivity contribution < 1.29 is 0 Å². The maximum Gasteiger partial charge on any atom is 0.208 e. The Morgan fingerprint density at radius 2 is 2.08 bits per heavy atom. The predicted molar refractivity (Wildman–Crippen MR) is 49.2 cm³/mol. The highest BCUT2D eigenvalue weighted by molar-refractivity contribution is 7.15. The van der Waals surface area contributed by atoms with Crippen molar-refractivity contribution in [1.82, 2.24) is 10.2 Å². The molecule has 12 heavy (non-hydrogen) atoms. The largest absolute Gasteiger partial charge is 0.347 e. The number of hydrogen-bond donors (Lipinski definition) is 1. The van der Waals surface area contributed by atoms with Gasteiger partial charge in [-0.15, -0.1) is 10.2 Å². The van der Waals surface area contributed by atoms with Crippen LogP contribution in [-0.4, -0.2) is 23.3 Å². The maximum atomic E-state index is 5.45. The molecule has 0 aliphatic carbocycles. The first-order chi connectivity index (χ1) is 5.90. The van der Waals surface area contributed by atoms with Gasteiger partial charge in [0.05, 0.1) is 0 Å². The summed E-state index contributed by atoms with van der Waals surface area (Å²) in [5.41, 5.74) is 5.45. The third kappa shape index (κ3) is 1.42. The molecule has 66 valence electrons. The van der Waals surface area contributed by atoms with E-state index in [2.05, 4.69) is 15.1 Å². The molecule has 2 N–H and O–H groups in total. The molecular formula is C7H12N4S. The van der Waals surface area contributed by atoms with Gasteiger partial charge in [0.25, 0.3) is 0 Å². The van der Waals surface area contributed by atoms with Gasteiger partial charge in [0.2, 0.25) is 5.13 Å². The van der Waals surface area contributed by atoms with Crippen molar-refractivity contribution >= 4 is 16.5 Å². The standard InChI is InChI=1S/C7H12N4S/c8-5-6-9-10-7(12-6)11-3-1-2-4-11/h1-5,8H2. The Bertz CT molecular complexity index is 254. The Balaban J connectivity index is 2.11. The van der Waals surface area contributed by atoms with Gasteiger partial charge in [-0.3, -0.25) is 0 Å². The summed E-state index contributed by atoms with van der Waals surface area (Å²) in [6.45, 7) is 2.75. The van der Waals surface area contributed by atoms with E-state index < -0.39 is 0 Å². The van der Waals surface area contributed by atoms with Crippen molar-refractivity contribution in [3.63, 3.8) is 0 Å². The van der Waals surface area contributed by atoms with Gasteiger partial charge in [0, 0.05) is 19.6 Å². The second-order valence-corrected chi connectivity index (χ2v) is 3.92. The van der Waals surface area contributed by atoms with Crippen LogP contribution in [0.15, 0.2) is 0 Å². The Hall–Kier alpha value is -0.680. The normalized spacial score (nSPS) is 17.2. The van der Waals surface area contributed by atoms with E-state index in [0.717, 1.165) is 23.2 Å². The van der Waals surface area contributed by atoms with E-state index in [4.69, 9.17) is 5.73 Å². The number of nitrogens with zero attached hydrogens (tertiary/aromatic N) is 3. The molecule has 1 aliphatic rings. The van der Waals surface area contributed by atoms with Crippen LogP contribution in [0.2, 0.25) is 0 Å². The van der Waals surface area contributed by atoms with Crippen LogP contribution in [0, 0.1) is 0 Å². The number of anilines is 1. The topological polar surface area (TPSA) is 55.0 Å². The highest BCUT2D eigenvalue weighted by atomic mass is 32.1. The van der Waals surface area contributed by atoms with Gasteiger partial charge in [-0.25, -0.2) is 0 Å². The highest BCUT2D eigenvalue weighted by Crippen LogP contribution is 2.23. The molecule has 0 atom stereocenters. The summed E-state index contributed by atoms with van der Waals surface area (Å²) in [6, 6.07) is 0. The van der Waals surface area contributed by atoms with Crippen molar-refractivity contribution in [2.45, 2.75) is 19.4 Å². The van der Waals surface area contributed by atoms with Crippen LogP contribution in [-0.2, 0) is 6.54 Å². The van der Waals surface area contributed by atoms with Crippen LogP contribution >= 0.6 is 11.3 Å². The van der Waals surface area contributed by atoms with Crippen LogP contribution < -0.4 is 10.6 Å². The Kier molecular flexibility index (Phi) is 2.23. The average molecular weight is 184 g/mol. The summed E-state index contributed by atoms with van der Waals surface area (Å²) in [5.74, 6) is 0. The molecule has 0 radical (unpaired) electrons. The zero-order valence-electron chi connectivity index (χ0n) is 6.86. The minimum absolute atomic E-state index is 0.505. The van der Waals surface area contributed by atoms with Gasteiger partial charge in [-0.05, 0) is 12.8 Å². The molecule has 1 aromatic heterocycles. The van der Waals surface area contributed by atoms with Gasteiger partial charge in [0.1, 0.15) is 5.01 Å². The third-order valence-electron chi connectivity index (χ3n) is 2.01. The van der Waals surface area contributed by atoms with Gasteiger partial charge in [-0.1, -0.05) is 11.3 Å². The number of nitrogens with two attached hydrogens (primary N) is 1. The lowest BCUT2D eigenvalue weighted by molar-refractivity contribution is 0.905. The van der Waals surface area contributed by atoms with Gasteiger partial charge >= 0.3 is 0 Å². The summed E-state index contributed by atoms with van der Waals surface area (Å²) in [4.78, 5) is 2.27. The molecule has 5 heteroatoms. The van der Waals surface area contributed by atoms with E-state index in [1.54, 1.807) is 11.3 Å². The lowest BCUT2D eigenvalue weighted by atomic mass is 10.4. The van der Waals surface area contributed by atoms with Crippen LogP contribution in [0.25, 0.3) is 0 Å². The summed E-state index contributed by atoms with van der Waals surface area (Å²) < 4.78 is 0. The fraction of sp³-hybridized carbons (Fsp3) is 0.714. The predicted octanol–water partition coefficient (Wildman–Crippen LogP) is 0.597. The Morgan fingerprint density at radius 1 is 1.33 bits per heavy atom. The van der Waals surface area contributed by atoms with Crippen molar-refractivity contribution in [1.29, 1.82) is 0 Å². The average Bonchev–Trinajstić information content (AvgIpc) is 2.75. The lowest BCUT2D eigenvalue weighted by Crippen LogP contribution is -2.17. The number of hydrogen-bond acceptors (Lipinski definition) is 5. The molecule has 2 heterocycles. The van der Waals surface area contributed by atoms with Crippen LogP contribution in [0.4, 0.5) is 5.13 Å². The zero-order valence-corrected chi connectivity index (χ0v) is 7.68. The zero-order chi connectivity index (χ0) is 8.39. The van der Waals surface area contributed by atoms with E-state index in [9.17, 15) is 0 Å². The number of aromatic nitrogens is 2. The minimum Gasteiger partial charge on any atom is -0.347 e. The van der Waals surface area contributed by atoms with Crippen LogP contribution in [0.5, 0.6) is 0 Å². The molecule has 4 nitrogen and oxygen atoms in total. The van der Waals surface area contributed by atoms with E-state index in [-0.39, 0.29) is 0 Å². The smallest absolute Gasteiger partial charge is 0.208 e. The SMILES string of the molecule is NCc1nnc(N2CCCC2)s1. The van der Waals surface area contributed by atoms with E-state index in [0.29, 0.717) is 6.54 Å². The van der Waals surface area contributed by atoms with Crippen LogP contribution in [0.1, 0.15) is 17.8 Å². The minimum atomic E-state index is 0.505. The first-order valence-electron chi connectivity index (χ1n) is 4.17. The molecule has 1 aliphatic heterocycles. The molecule has 2 rings (SSSR count). The third-order valence-corrected chi connectivity index (χ3v) is 3.01. The van der Waals surface area contributed by atoms with Crippen LogP contribution in [0.3, 0.4) is 0 Å². The van der Waals surface area contributed by atoms with Gasteiger partial charge < -0.3 is 10.6 Å². The second kappa shape index (κ2) is 3.37. The highest BCUT2D eigenvalue weighted by Gasteiger charge is 2.15. The van der Waals surface area contributed by atoms with Crippen molar-refractivity contribution in [3.05, 3.63) is 5.01 Å². The molecule has 1 saturated heterocycles. The Labute approximate surface area is 75.4 Å². The number of rotatable bonds is 2. The van der Waals surface area contributed by atoms with Gasteiger partial charge in [0.15, 0.2) is 0 Å². The second-order valence-electron chi connectivity index (χ2n) is 2.88. The summed E-state index contributed by atoms with van der Waals surface area (Å²) in [5, 5.41) is 10.0. The first kappa shape index (κ1) is 7.94. The fourth-order valence-corrected chi connectivity index (χ4v) is 2.13. The van der Waals surface area contributed by atoms with Crippen molar-refractivity contribution in [3.8, 4) is 0 Å². The molecule has 0 unspecified atom stereocenters. The molecule has 0 amide bonds. The molecule has 0 spiro atoms. The molecule has 0 aromatic carbocycles. The molecule has 1 aromatic rings. The molecular weight excluding hydrogens is 172 g/mol. The monoisotopic (exact) mass is 184 g/mol. The van der Waals surface area contributed by atoms with E-state index in [1.807, 2.05) is 0 Å². The van der Waals surface area contributed by atoms with E-state index >= 15 is 0 Å². The van der Waals surface area contributed by atoms with Crippen molar-refractivity contribution in [2.75, 3.05) is 18.0 Å². The molecule has 0 bridgehead atoms. The quantitative estimate of drug-likeness (QED) is 0.731. The van der Waals surface area contributed by atoms with Crippen molar-refractivity contribution in [2.24, 2.45) is 5.73 Å². The summed E-state index contributed by atoms with van der Waals surface area (Å²) in [7, 11) is 0. The van der Waals surface area contributed by atoms with Gasteiger partial charge in [-0.2, -0.15) is 0 Å². The molecule has 1 fully saturated rings. The summed E-state index contributed by atoms with van der Waals surface area (Å²) in [6.07, 6.45) is 2.55. The first-order valence-corrected chi connectivity index (χ1v) is 4.99. The molecule has 0 saturated carbocycles. The lowest BCUT2D eigenvalue weighted by Gasteiger charge is -2.10. The summed E-state index contributed by atoms with van der Waals surface area (Å²) >= 11 is 1.61. The Morgan fingerprint density at radius 3 is 2.67 bits per heavy atom. The van der Waals surface area contributed by atoms with E-state index in [1.165, 1.54) is 12.8 Å². The maximum absolute atomic E-state index is 5.45. The fourth-order valence-electron chi connectivity index (χ4n) is 1.36.